The Kier molecular flexibility index (Phi) is 8.43. The van der Waals surface area contributed by atoms with Crippen LogP contribution in [0, 0.1) is 5.92 Å². The van der Waals surface area contributed by atoms with E-state index in [9.17, 15) is 9.59 Å². The van der Waals surface area contributed by atoms with Crippen LogP contribution in [0.25, 0.3) is 0 Å². The van der Waals surface area contributed by atoms with E-state index in [-0.39, 0.29) is 23.4 Å². The van der Waals surface area contributed by atoms with Gasteiger partial charge in [0.1, 0.15) is 5.82 Å². The normalized spacial score (nSPS) is 12.1. The van der Waals surface area contributed by atoms with Crippen molar-refractivity contribution in [3.63, 3.8) is 0 Å². The fourth-order valence-electron chi connectivity index (χ4n) is 3.32. The predicted molar refractivity (Wildman–Crippen MR) is 125 cm³/mol. The first kappa shape index (κ1) is 23.2. The van der Waals surface area contributed by atoms with Gasteiger partial charge in [-0.2, -0.15) is 0 Å². The molecule has 0 saturated carbocycles. The van der Waals surface area contributed by atoms with Gasteiger partial charge in [0, 0.05) is 17.8 Å². The van der Waals surface area contributed by atoms with Crippen LogP contribution in [-0.4, -0.2) is 38.2 Å². The molecule has 1 unspecified atom stereocenters. The molecule has 0 radical (unpaired) electrons. The van der Waals surface area contributed by atoms with Gasteiger partial charge in [-0.15, -0.1) is 21.5 Å². The molecule has 6 nitrogen and oxygen atoms in total. The fraction of sp³-hybridized carbons (Fsp3) is 0.391. The van der Waals surface area contributed by atoms with Crippen molar-refractivity contribution in [2.75, 3.05) is 5.75 Å². The number of nitrogens with zero attached hydrogens (tertiary/aromatic N) is 3. The molecular formula is C23H28N4O2S2. The molecule has 0 aliphatic heterocycles. The summed E-state index contributed by atoms with van der Waals surface area (Å²) in [5.41, 5.74) is 1.24. The maximum atomic E-state index is 12.4. The molecule has 0 aliphatic carbocycles. The molecule has 0 fully saturated rings. The molecular weight excluding hydrogens is 428 g/mol. The van der Waals surface area contributed by atoms with Gasteiger partial charge in [0.05, 0.1) is 11.8 Å². The monoisotopic (exact) mass is 456 g/mol. The lowest BCUT2D eigenvalue weighted by Crippen LogP contribution is -2.44. The molecule has 1 atom stereocenters. The summed E-state index contributed by atoms with van der Waals surface area (Å²) in [5, 5.41) is 14.4. The van der Waals surface area contributed by atoms with E-state index in [2.05, 4.69) is 43.7 Å². The van der Waals surface area contributed by atoms with Gasteiger partial charge in [-0.25, -0.2) is 0 Å². The summed E-state index contributed by atoms with van der Waals surface area (Å²) < 4.78 is 2.11. The molecule has 0 aliphatic rings. The number of thiophene rings is 1. The number of nitrogens with one attached hydrogen (secondary N) is 1. The van der Waals surface area contributed by atoms with Crippen LogP contribution < -0.4 is 5.32 Å². The Morgan fingerprint density at radius 3 is 2.55 bits per heavy atom. The number of benzene rings is 1. The average Bonchev–Trinajstić information content (AvgIpc) is 3.39. The van der Waals surface area contributed by atoms with E-state index in [0.29, 0.717) is 6.42 Å². The van der Waals surface area contributed by atoms with Crippen molar-refractivity contribution in [1.29, 1.82) is 0 Å². The Bertz CT molecular complexity index is 984. The van der Waals surface area contributed by atoms with E-state index in [1.54, 1.807) is 11.3 Å². The molecule has 2 heterocycles. The number of hydrogen-bond donors (Lipinski definition) is 1. The van der Waals surface area contributed by atoms with Crippen LogP contribution in [0.15, 0.2) is 53.0 Å². The van der Waals surface area contributed by atoms with Crippen LogP contribution in [0.5, 0.6) is 0 Å². The van der Waals surface area contributed by atoms with E-state index < -0.39 is 6.04 Å². The van der Waals surface area contributed by atoms with Gasteiger partial charge in [-0.3, -0.25) is 9.59 Å². The van der Waals surface area contributed by atoms with Crippen LogP contribution in [0.4, 0.5) is 0 Å². The highest BCUT2D eigenvalue weighted by Gasteiger charge is 2.21. The van der Waals surface area contributed by atoms with E-state index in [0.717, 1.165) is 23.9 Å². The Morgan fingerprint density at radius 2 is 1.90 bits per heavy atom. The van der Waals surface area contributed by atoms with Crippen molar-refractivity contribution in [2.45, 2.75) is 51.4 Å². The molecule has 0 spiro atoms. The summed E-state index contributed by atoms with van der Waals surface area (Å²) in [6, 6.07) is 14.0. The molecule has 164 valence electrons. The number of ketones is 1. The van der Waals surface area contributed by atoms with Crippen molar-refractivity contribution in [3.05, 3.63) is 64.1 Å². The zero-order valence-electron chi connectivity index (χ0n) is 18.1. The number of carbonyl (C=O) groups is 2. The zero-order chi connectivity index (χ0) is 22.2. The molecule has 8 heteroatoms. The van der Waals surface area contributed by atoms with Gasteiger partial charge in [0.25, 0.3) is 0 Å². The Labute approximate surface area is 191 Å². The minimum Gasteiger partial charge on any atom is -0.345 e. The first-order valence-electron chi connectivity index (χ1n) is 10.3. The molecule has 1 aromatic carbocycles. The topological polar surface area (TPSA) is 76.9 Å². The highest BCUT2D eigenvalue weighted by atomic mass is 32.2. The molecule has 3 aromatic rings. The third-order valence-electron chi connectivity index (χ3n) is 4.93. The van der Waals surface area contributed by atoms with E-state index in [1.165, 1.54) is 29.1 Å². The summed E-state index contributed by atoms with van der Waals surface area (Å²) in [5.74, 6) is 0.941. The molecule has 0 bridgehead atoms. The van der Waals surface area contributed by atoms with Crippen LogP contribution in [0.1, 0.15) is 37.0 Å². The van der Waals surface area contributed by atoms with Crippen molar-refractivity contribution in [3.8, 4) is 0 Å². The van der Waals surface area contributed by atoms with Crippen molar-refractivity contribution in [2.24, 2.45) is 5.92 Å². The SMILES string of the molecule is CC(=O)C(NC(=O)CSc1nnc(Cc2cccs2)n1CCc1ccccc1)C(C)C. The van der Waals surface area contributed by atoms with Gasteiger partial charge in [0.2, 0.25) is 5.91 Å². The Hall–Kier alpha value is -2.45. The number of hydrogen-bond acceptors (Lipinski definition) is 6. The first-order valence-corrected chi connectivity index (χ1v) is 12.2. The lowest BCUT2D eigenvalue weighted by Gasteiger charge is -2.19. The Balaban J connectivity index is 1.70. The second-order valence-electron chi connectivity index (χ2n) is 7.73. The summed E-state index contributed by atoms with van der Waals surface area (Å²) in [4.78, 5) is 25.5. The van der Waals surface area contributed by atoms with Crippen LogP contribution in [0.2, 0.25) is 0 Å². The summed E-state index contributed by atoms with van der Waals surface area (Å²) in [7, 11) is 0. The molecule has 1 N–H and O–H groups in total. The zero-order valence-corrected chi connectivity index (χ0v) is 19.7. The first-order chi connectivity index (χ1) is 14.9. The number of Topliss-reactive ketones (excluding diaryl/α,β-unsaturated/α-hetero) is 1. The van der Waals surface area contributed by atoms with Gasteiger partial charge >= 0.3 is 0 Å². The number of thioether (sulfide) groups is 1. The van der Waals surface area contributed by atoms with E-state index in [4.69, 9.17) is 0 Å². The second kappa shape index (κ2) is 11.2. The van der Waals surface area contributed by atoms with Gasteiger partial charge in [-0.05, 0) is 36.3 Å². The molecule has 0 saturated heterocycles. The lowest BCUT2D eigenvalue weighted by molar-refractivity contribution is -0.126. The van der Waals surface area contributed by atoms with Gasteiger partial charge in [-0.1, -0.05) is 62.0 Å². The summed E-state index contributed by atoms with van der Waals surface area (Å²) in [6.07, 6.45) is 1.57. The number of carbonyl (C=O) groups excluding carboxylic acids is 2. The number of amides is 1. The average molecular weight is 457 g/mol. The Morgan fingerprint density at radius 1 is 1.13 bits per heavy atom. The molecule has 2 aromatic heterocycles. The predicted octanol–water partition coefficient (Wildman–Crippen LogP) is 4.00. The highest BCUT2D eigenvalue weighted by molar-refractivity contribution is 7.99. The van der Waals surface area contributed by atoms with Crippen molar-refractivity contribution in [1.82, 2.24) is 20.1 Å². The lowest BCUT2D eigenvalue weighted by atomic mass is 10.0. The van der Waals surface area contributed by atoms with Crippen LogP contribution in [-0.2, 0) is 29.0 Å². The van der Waals surface area contributed by atoms with E-state index in [1.807, 2.05) is 38.1 Å². The third-order valence-corrected chi connectivity index (χ3v) is 6.77. The largest absolute Gasteiger partial charge is 0.345 e. The second-order valence-corrected chi connectivity index (χ2v) is 9.71. The fourth-order valence-corrected chi connectivity index (χ4v) is 4.81. The van der Waals surface area contributed by atoms with Gasteiger partial charge < -0.3 is 9.88 Å². The minimum absolute atomic E-state index is 0.0300. The smallest absolute Gasteiger partial charge is 0.231 e. The summed E-state index contributed by atoms with van der Waals surface area (Å²) >= 11 is 3.06. The maximum absolute atomic E-state index is 12.4. The van der Waals surface area contributed by atoms with Crippen molar-refractivity contribution >= 4 is 34.8 Å². The van der Waals surface area contributed by atoms with Crippen molar-refractivity contribution < 1.29 is 9.59 Å². The molecule has 1 amide bonds. The van der Waals surface area contributed by atoms with Crippen LogP contribution >= 0.6 is 23.1 Å². The summed E-state index contributed by atoms with van der Waals surface area (Å²) in [6.45, 7) is 6.10. The molecule has 3 rings (SSSR count). The number of aryl methyl sites for hydroxylation is 1. The standard InChI is InChI=1S/C23H28N4O2S2/c1-16(2)22(17(3)28)24-21(29)15-31-23-26-25-20(14-19-10-7-13-30-19)27(23)12-11-18-8-5-4-6-9-18/h4-10,13,16,22H,11-12,14-15H2,1-3H3,(H,24,29). The van der Waals surface area contributed by atoms with Gasteiger partial charge in [0.15, 0.2) is 10.9 Å². The quantitative estimate of drug-likeness (QED) is 0.442. The molecule has 31 heavy (non-hydrogen) atoms. The third kappa shape index (κ3) is 6.77. The van der Waals surface area contributed by atoms with E-state index >= 15 is 0 Å². The maximum Gasteiger partial charge on any atom is 0.231 e. The number of rotatable bonds is 11. The highest BCUT2D eigenvalue weighted by Crippen LogP contribution is 2.21. The minimum atomic E-state index is -0.460. The van der Waals surface area contributed by atoms with Crippen LogP contribution in [0.3, 0.4) is 0 Å². The number of aromatic nitrogens is 3.